The molecule has 0 radical (unpaired) electrons. The molecule has 1 amide bonds. The number of sulfonamides is 1. The van der Waals surface area contributed by atoms with Crippen LogP contribution in [0.3, 0.4) is 0 Å². The molecule has 0 saturated carbocycles. The van der Waals surface area contributed by atoms with Gasteiger partial charge in [0.1, 0.15) is 0 Å². The Morgan fingerprint density at radius 2 is 1.88 bits per heavy atom. The molecule has 0 fully saturated rings. The van der Waals surface area contributed by atoms with Crippen molar-refractivity contribution in [2.45, 2.75) is 51.9 Å². The van der Waals surface area contributed by atoms with Gasteiger partial charge < -0.3 is 4.90 Å². The van der Waals surface area contributed by atoms with Gasteiger partial charge in [0.15, 0.2) is 5.65 Å². The van der Waals surface area contributed by atoms with E-state index in [0.717, 1.165) is 28.0 Å². The van der Waals surface area contributed by atoms with Crippen LogP contribution in [0, 0.1) is 6.92 Å². The average Bonchev–Trinajstić information content (AvgIpc) is 3.33. The Kier molecular flexibility index (Phi) is 6.05. The predicted molar refractivity (Wildman–Crippen MR) is 129 cm³/mol. The van der Waals surface area contributed by atoms with Gasteiger partial charge in [0, 0.05) is 38.1 Å². The van der Waals surface area contributed by atoms with Crippen molar-refractivity contribution in [1.29, 1.82) is 0 Å². The number of amides is 1. The first-order valence-corrected chi connectivity index (χ1v) is 12.8. The number of anilines is 1. The number of benzene rings is 1. The first-order valence-electron chi connectivity index (χ1n) is 11.4. The summed E-state index contributed by atoms with van der Waals surface area (Å²) in [5.41, 5.74) is 4.52. The molecule has 8 nitrogen and oxygen atoms in total. The highest BCUT2D eigenvalue weighted by Gasteiger charge is 2.31. The van der Waals surface area contributed by atoms with Crippen molar-refractivity contribution in [2.75, 3.05) is 24.5 Å². The highest BCUT2D eigenvalue weighted by Crippen LogP contribution is 2.34. The van der Waals surface area contributed by atoms with E-state index in [-0.39, 0.29) is 16.7 Å². The van der Waals surface area contributed by atoms with Crippen LogP contribution >= 0.6 is 0 Å². The normalized spacial score (nSPS) is 14.0. The minimum Gasteiger partial charge on any atom is -0.308 e. The number of rotatable bonds is 6. The zero-order valence-electron chi connectivity index (χ0n) is 20.1. The van der Waals surface area contributed by atoms with Crippen molar-refractivity contribution in [3.63, 3.8) is 0 Å². The molecule has 0 bridgehead atoms. The molecule has 0 spiro atoms. The van der Waals surface area contributed by atoms with Gasteiger partial charge in [0.25, 0.3) is 5.91 Å². The number of carbonyl (C=O) groups is 1. The minimum atomic E-state index is -3.55. The van der Waals surface area contributed by atoms with Crippen molar-refractivity contribution in [3.8, 4) is 0 Å². The van der Waals surface area contributed by atoms with Crippen LogP contribution in [0.15, 0.2) is 29.2 Å². The molecule has 0 N–H and O–H groups in total. The number of aromatic nitrogens is 3. The minimum absolute atomic E-state index is 0.112. The third kappa shape index (κ3) is 3.83. The lowest BCUT2D eigenvalue weighted by atomic mass is 10.0. The summed E-state index contributed by atoms with van der Waals surface area (Å²) in [4.78, 5) is 20.5. The average molecular weight is 470 g/mol. The number of aryl methyl sites for hydroxylation is 2. The molecule has 0 saturated heterocycles. The maximum atomic E-state index is 13.8. The van der Waals surface area contributed by atoms with Crippen LogP contribution in [-0.2, 0) is 23.5 Å². The van der Waals surface area contributed by atoms with Crippen LogP contribution in [0.1, 0.15) is 60.9 Å². The van der Waals surface area contributed by atoms with Crippen LogP contribution in [0.2, 0.25) is 0 Å². The van der Waals surface area contributed by atoms with Crippen molar-refractivity contribution in [2.24, 2.45) is 7.05 Å². The van der Waals surface area contributed by atoms with Gasteiger partial charge in [-0.25, -0.2) is 13.4 Å². The fourth-order valence-electron chi connectivity index (χ4n) is 4.54. The molecule has 1 aromatic carbocycles. The molecule has 33 heavy (non-hydrogen) atoms. The van der Waals surface area contributed by atoms with E-state index in [1.165, 1.54) is 4.31 Å². The van der Waals surface area contributed by atoms with Gasteiger partial charge >= 0.3 is 0 Å². The molecule has 0 atom stereocenters. The lowest BCUT2D eigenvalue weighted by Gasteiger charge is -2.21. The molecule has 4 rings (SSSR count). The summed E-state index contributed by atoms with van der Waals surface area (Å²) in [5.74, 6) is 0.0494. The van der Waals surface area contributed by atoms with E-state index in [4.69, 9.17) is 4.98 Å². The van der Waals surface area contributed by atoms with Crippen LogP contribution in [0.25, 0.3) is 11.0 Å². The Balaban J connectivity index is 1.77. The number of pyridine rings is 1. The standard InChI is InChI=1S/C24H31N5O3S/c1-7-28(8-2)33(31,32)18-9-10-21-17(13-18)11-12-29(21)24(30)19-14-20(15(3)4)25-23-22(19)16(5)26-27(23)6/h9-10,13-15H,7-8,11-12H2,1-6H3. The summed E-state index contributed by atoms with van der Waals surface area (Å²) in [6.45, 7) is 11.0. The quantitative estimate of drug-likeness (QED) is 0.550. The molecular formula is C24H31N5O3S. The van der Waals surface area contributed by atoms with Gasteiger partial charge in [-0.15, -0.1) is 0 Å². The molecule has 9 heteroatoms. The van der Waals surface area contributed by atoms with Crippen molar-refractivity contribution in [3.05, 3.63) is 46.8 Å². The van der Waals surface area contributed by atoms with Gasteiger partial charge in [-0.2, -0.15) is 9.40 Å². The molecule has 0 unspecified atom stereocenters. The number of hydrogen-bond acceptors (Lipinski definition) is 5. The van der Waals surface area contributed by atoms with Gasteiger partial charge in [-0.05, 0) is 49.1 Å². The summed E-state index contributed by atoms with van der Waals surface area (Å²) in [5, 5.41) is 5.25. The lowest BCUT2D eigenvalue weighted by Crippen LogP contribution is -2.31. The van der Waals surface area contributed by atoms with Crippen LogP contribution in [-0.4, -0.2) is 53.0 Å². The number of fused-ring (bicyclic) bond motifs is 2. The van der Waals surface area contributed by atoms with Crippen LogP contribution < -0.4 is 4.90 Å². The smallest absolute Gasteiger partial charge is 0.259 e. The third-order valence-electron chi connectivity index (χ3n) is 6.35. The monoisotopic (exact) mass is 469 g/mol. The molecule has 3 aromatic rings. The van der Waals surface area contributed by atoms with Gasteiger partial charge in [-0.1, -0.05) is 27.7 Å². The number of hydrogen-bond donors (Lipinski definition) is 0. The Bertz CT molecular complexity index is 1340. The second-order valence-electron chi connectivity index (χ2n) is 8.74. The lowest BCUT2D eigenvalue weighted by molar-refractivity contribution is 0.0990. The van der Waals surface area contributed by atoms with E-state index in [1.54, 1.807) is 27.8 Å². The first kappa shape index (κ1) is 23.4. The molecule has 3 heterocycles. The van der Waals surface area contributed by atoms with Crippen molar-refractivity contribution >= 4 is 32.7 Å². The third-order valence-corrected chi connectivity index (χ3v) is 8.39. The maximum Gasteiger partial charge on any atom is 0.259 e. The number of nitrogens with zero attached hydrogens (tertiary/aromatic N) is 5. The Labute approximate surface area is 195 Å². The summed E-state index contributed by atoms with van der Waals surface area (Å²) in [7, 11) is -1.71. The molecule has 1 aliphatic heterocycles. The van der Waals surface area contributed by atoms with Gasteiger partial charge in [0.2, 0.25) is 10.0 Å². The zero-order chi connectivity index (χ0) is 24.1. The Morgan fingerprint density at radius 1 is 1.18 bits per heavy atom. The SMILES string of the molecule is CCN(CC)S(=O)(=O)c1ccc2c(c1)CCN2C(=O)c1cc(C(C)C)nc2c1c(C)nn2C. The fraction of sp³-hybridized carbons (Fsp3) is 0.458. The summed E-state index contributed by atoms with van der Waals surface area (Å²) in [6, 6.07) is 6.96. The summed E-state index contributed by atoms with van der Waals surface area (Å²) < 4.78 is 29.1. The van der Waals surface area contributed by atoms with Crippen LogP contribution in [0.4, 0.5) is 5.69 Å². The molecule has 1 aliphatic rings. The van der Waals surface area contributed by atoms with Crippen molar-refractivity contribution in [1.82, 2.24) is 19.1 Å². The summed E-state index contributed by atoms with van der Waals surface area (Å²) in [6.07, 6.45) is 0.611. The van der Waals surface area contributed by atoms with E-state index in [0.29, 0.717) is 37.3 Å². The molecule has 2 aromatic heterocycles. The Morgan fingerprint density at radius 3 is 2.52 bits per heavy atom. The van der Waals surface area contributed by atoms with Crippen LogP contribution in [0.5, 0.6) is 0 Å². The van der Waals surface area contributed by atoms with E-state index in [2.05, 4.69) is 18.9 Å². The molecule has 176 valence electrons. The zero-order valence-corrected chi connectivity index (χ0v) is 20.9. The second kappa shape index (κ2) is 8.53. The predicted octanol–water partition coefficient (Wildman–Crippen LogP) is 3.63. The van der Waals surface area contributed by atoms with E-state index < -0.39 is 10.0 Å². The highest BCUT2D eigenvalue weighted by molar-refractivity contribution is 7.89. The van der Waals surface area contributed by atoms with Gasteiger partial charge in [-0.3, -0.25) is 9.48 Å². The topological polar surface area (TPSA) is 88.4 Å². The van der Waals surface area contributed by atoms with E-state index in [9.17, 15) is 13.2 Å². The van der Waals surface area contributed by atoms with E-state index >= 15 is 0 Å². The summed E-state index contributed by atoms with van der Waals surface area (Å²) >= 11 is 0. The second-order valence-corrected chi connectivity index (χ2v) is 10.7. The highest BCUT2D eigenvalue weighted by atomic mass is 32.2. The number of carbonyl (C=O) groups excluding carboxylic acids is 1. The Hall–Kier alpha value is -2.78. The van der Waals surface area contributed by atoms with Gasteiger partial charge in [0.05, 0.1) is 21.5 Å². The molecule has 0 aliphatic carbocycles. The maximum absolute atomic E-state index is 13.8. The van der Waals surface area contributed by atoms with Crippen molar-refractivity contribution < 1.29 is 13.2 Å². The molecular weight excluding hydrogens is 438 g/mol. The largest absolute Gasteiger partial charge is 0.308 e. The first-order chi connectivity index (χ1) is 15.6. The fourth-order valence-corrected chi connectivity index (χ4v) is 6.05. The van der Waals surface area contributed by atoms with E-state index in [1.807, 2.05) is 33.9 Å².